The summed E-state index contributed by atoms with van der Waals surface area (Å²) in [5.41, 5.74) is 3.79. The maximum atomic E-state index is 6.04. The lowest BCUT2D eigenvalue weighted by Crippen LogP contribution is -2.34. The minimum atomic E-state index is 0.438. The molecule has 0 aromatic heterocycles. The standard InChI is InChI=1S/C16H17ClN2/c17-14-6-7-16-13(9-14)10-18-15(11-19-16)8-12-4-2-1-3-5-12/h1-7,9,15,18-19H,8,10-11H2/t15-/m1/s1. The monoisotopic (exact) mass is 272 g/mol. The van der Waals surface area contributed by atoms with Gasteiger partial charge in [-0.1, -0.05) is 41.9 Å². The molecule has 1 aliphatic rings. The quantitative estimate of drug-likeness (QED) is 0.875. The van der Waals surface area contributed by atoms with Gasteiger partial charge in [0.15, 0.2) is 0 Å². The molecule has 0 spiro atoms. The fourth-order valence-electron chi connectivity index (χ4n) is 2.48. The molecule has 2 N–H and O–H groups in total. The van der Waals surface area contributed by atoms with E-state index >= 15 is 0 Å². The Balaban J connectivity index is 1.70. The van der Waals surface area contributed by atoms with E-state index < -0.39 is 0 Å². The first-order valence-corrected chi connectivity index (χ1v) is 6.99. The van der Waals surface area contributed by atoms with Crippen LogP contribution in [0.4, 0.5) is 5.69 Å². The highest BCUT2D eigenvalue weighted by atomic mass is 35.5. The predicted molar refractivity (Wildman–Crippen MR) is 80.7 cm³/mol. The first-order valence-electron chi connectivity index (χ1n) is 6.61. The molecule has 0 fully saturated rings. The Morgan fingerprint density at radius 2 is 1.95 bits per heavy atom. The van der Waals surface area contributed by atoms with E-state index in [1.54, 1.807) is 0 Å². The van der Waals surface area contributed by atoms with Gasteiger partial charge in [0, 0.05) is 29.8 Å². The third-order valence-corrected chi connectivity index (χ3v) is 3.75. The fraction of sp³-hybridized carbons (Fsp3) is 0.250. The van der Waals surface area contributed by atoms with Gasteiger partial charge in [0.1, 0.15) is 0 Å². The summed E-state index contributed by atoms with van der Waals surface area (Å²) in [5, 5.41) is 7.89. The maximum Gasteiger partial charge on any atom is 0.0410 e. The lowest BCUT2D eigenvalue weighted by molar-refractivity contribution is 0.537. The first kappa shape index (κ1) is 12.5. The van der Waals surface area contributed by atoms with Crippen molar-refractivity contribution in [1.29, 1.82) is 0 Å². The zero-order valence-electron chi connectivity index (χ0n) is 10.7. The minimum Gasteiger partial charge on any atom is -0.383 e. The summed E-state index contributed by atoms with van der Waals surface area (Å²) in [4.78, 5) is 0. The van der Waals surface area contributed by atoms with E-state index in [1.807, 2.05) is 12.1 Å². The van der Waals surface area contributed by atoms with E-state index in [9.17, 15) is 0 Å². The fourth-order valence-corrected chi connectivity index (χ4v) is 2.68. The molecule has 2 aromatic rings. The summed E-state index contributed by atoms with van der Waals surface area (Å²) in [6, 6.07) is 17.1. The second kappa shape index (κ2) is 5.64. The molecule has 2 aromatic carbocycles. The van der Waals surface area contributed by atoms with Crippen molar-refractivity contribution in [2.45, 2.75) is 19.0 Å². The molecular formula is C16H17ClN2. The summed E-state index contributed by atoms with van der Waals surface area (Å²) < 4.78 is 0. The molecule has 0 radical (unpaired) electrons. The van der Waals surface area contributed by atoms with Crippen molar-refractivity contribution in [3.05, 3.63) is 64.7 Å². The van der Waals surface area contributed by atoms with Crippen LogP contribution in [0.5, 0.6) is 0 Å². The maximum absolute atomic E-state index is 6.04. The van der Waals surface area contributed by atoms with Crippen molar-refractivity contribution in [2.75, 3.05) is 11.9 Å². The Kier molecular flexibility index (Phi) is 3.72. The highest BCUT2D eigenvalue weighted by molar-refractivity contribution is 6.30. The van der Waals surface area contributed by atoms with Crippen LogP contribution in [0.3, 0.4) is 0 Å². The number of anilines is 1. The molecule has 1 atom stereocenters. The van der Waals surface area contributed by atoms with Crippen molar-refractivity contribution in [3.8, 4) is 0 Å². The van der Waals surface area contributed by atoms with Gasteiger partial charge >= 0.3 is 0 Å². The van der Waals surface area contributed by atoms with E-state index in [-0.39, 0.29) is 0 Å². The lowest BCUT2D eigenvalue weighted by Gasteiger charge is -2.15. The molecule has 3 heteroatoms. The van der Waals surface area contributed by atoms with E-state index in [4.69, 9.17) is 11.6 Å². The average Bonchev–Trinajstić information content (AvgIpc) is 2.63. The molecule has 1 heterocycles. The second-order valence-electron chi connectivity index (χ2n) is 4.95. The highest BCUT2D eigenvalue weighted by Gasteiger charge is 2.15. The van der Waals surface area contributed by atoms with Crippen LogP contribution in [0.15, 0.2) is 48.5 Å². The molecule has 0 saturated carbocycles. The van der Waals surface area contributed by atoms with Gasteiger partial charge in [-0.15, -0.1) is 0 Å². The lowest BCUT2D eigenvalue weighted by atomic mass is 10.1. The van der Waals surface area contributed by atoms with E-state index in [0.29, 0.717) is 6.04 Å². The van der Waals surface area contributed by atoms with E-state index in [0.717, 1.165) is 24.5 Å². The van der Waals surface area contributed by atoms with Crippen LogP contribution >= 0.6 is 11.6 Å². The van der Waals surface area contributed by atoms with Gasteiger partial charge in [-0.3, -0.25) is 0 Å². The number of hydrogen-bond donors (Lipinski definition) is 2. The summed E-state index contributed by atoms with van der Waals surface area (Å²) in [6.07, 6.45) is 1.04. The van der Waals surface area contributed by atoms with Crippen LogP contribution in [0, 0.1) is 0 Å². The number of hydrogen-bond acceptors (Lipinski definition) is 2. The molecule has 0 amide bonds. The van der Waals surface area contributed by atoms with Crippen molar-refractivity contribution in [2.24, 2.45) is 0 Å². The van der Waals surface area contributed by atoms with Gasteiger partial charge in [0.05, 0.1) is 0 Å². The Hall–Kier alpha value is -1.51. The molecule has 19 heavy (non-hydrogen) atoms. The van der Waals surface area contributed by atoms with E-state index in [1.165, 1.54) is 16.8 Å². The van der Waals surface area contributed by atoms with E-state index in [2.05, 4.69) is 47.0 Å². The third kappa shape index (κ3) is 3.09. The summed E-state index contributed by atoms with van der Waals surface area (Å²) in [6.45, 7) is 1.80. The normalized spacial score (nSPS) is 18.3. The Labute approximate surface area is 118 Å². The van der Waals surface area contributed by atoms with Gasteiger partial charge in [-0.05, 0) is 35.7 Å². The number of halogens is 1. The van der Waals surface area contributed by atoms with Gasteiger partial charge in [0.2, 0.25) is 0 Å². The second-order valence-corrected chi connectivity index (χ2v) is 5.39. The zero-order chi connectivity index (χ0) is 13.1. The highest BCUT2D eigenvalue weighted by Crippen LogP contribution is 2.22. The molecule has 3 rings (SSSR count). The summed E-state index contributed by atoms with van der Waals surface area (Å²) in [5.74, 6) is 0. The van der Waals surface area contributed by atoms with Crippen LogP contribution < -0.4 is 10.6 Å². The molecule has 0 unspecified atom stereocenters. The van der Waals surface area contributed by atoms with Gasteiger partial charge in [0.25, 0.3) is 0 Å². The van der Waals surface area contributed by atoms with Crippen molar-refractivity contribution < 1.29 is 0 Å². The SMILES string of the molecule is Clc1ccc2c(c1)CN[C@H](Cc1ccccc1)CN2. The molecular weight excluding hydrogens is 256 g/mol. The predicted octanol–water partition coefficient (Wildman–Crippen LogP) is 3.47. The number of nitrogens with one attached hydrogen (secondary N) is 2. The molecule has 0 saturated heterocycles. The number of benzene rings is 2. The molecule has 0 aliphatic carbocycles. The number of fused-ring (bicyclic) bond motifs is 1. The molecule has 98 valence electrons. The number of rotatable bonds is 2. The van der Waals surface area contributed by atoms with Crippen molar-refractivity contribution in [3.63, 3.8) is 0 Å². The minimum absolute atomic E-state index is 0.438. The van der Waals surface area contributed by atoms with Crippen LogP contribution in [-0.4, -0.2) is 12.6 Å². The van der Waals surface area contributed by atoms with Crippen LogP contribution in [0.1, 0.15) is 11.1 Å². The molecule has 1 aliphatic heterocycles. The first-order chi connectivity index (χ1) is 9.31. The van der Waals surface area contributed by atoms with Crippen LogP contribution in [0.25, 0.3) is 0 Å². The third-order valence-electron chi connectivity index (χ3n) is 3.51. The Bertz CT molecular complexity index is 554. The largest absolute Gasteiger partial charge is 0.383 e. The van der Waals surface area contributed by atoms with Gasteiger partial charge in [-0.25, -0.2) is 0 Å². The van der Waals surface area contributed by atoms with Crippen molar-refractivity contribution in [1.82, 2.24) is 5.32 Å². The van der Waals surface area contributed by atoms with Crippen molar-refractivity contribution >= 4 is 17.3 Å². The Morgan fingerprint density at radius 3 is 2.79 bits per heavy atom. The summed E-state index contributed by atoms with van der Waals surface area (Å²) in [7, 11) is 0. The topological polar surface area (TPSA) is 24.1 Å². The smallest absolute Gasteiger partial charge is 0.0410 e. The average molecular weight is 273 g/mol. The van der Waals surface area contributed by atoms with Crippen LogP contribution in [-0.2, 0) is 13.0 Å². The van der Waals surface area contributed by atoms with Gasteiger partial charge < -0.3 is 10.6 Å². The Morgan fingerprint density at radius 1 is 1.11 bits per heavy atom. The zero-order valence-corrected chi connectivity index (χ0v) is 11.5. The van der Waals surface area contributed by atoms with Crippen LogP contribution in [0.2, 0.25) is 5.02 Å². The van der Waals surface area contributed by atoms with Gasteiger partial charge in [-0.2, -0.15) is 0 Å². The molecule has 0 bridgehead atoms. The molecule has 2 nitrogen and oxygen atoms in total. The summed E-state index contributed by atoms with van der Waals surface area (Å²) >= 11 is 6.04.